The highest BCUT2D eigenvalue weighted by Gasteiger charge is 2.52. The number of carbonyl (C=O) groups excluding carboxylic acids is 2. The lowest BCUT2D eigenvalue weighted by Crippen LogP contribution is -2.69. The van der Waals surface area contributed by atoms with Gasteiger partial charge in [0, 0.05) is 20.1 Å². The van der Waals surface area contributed by atoms with Crippen LogP contribution in [0.5, 0.6) is 0 Å². The van der Waals surface area contributed by atoms with Crippen molar-refractivity contribution in [2.24, 2.45) is 0 Å². The Bertz CT molecular complexity index is 2060. The van der Waals surface area contributed by atoms with E-state index in [1.165, 1.54) is 0 Å². The first-order chi connectivity index (χ1) is 28.7. The molecular formula is C50H54Br2N2O4Si2. The third kappa shape index (κ3) is 10.0. The van der Waals surface area contributed by atoms with Crippen molar-refractivity contribution in [3.8, 4) is 0 Å². The van der Waals surface area contributed by atoms with Crippen molar-refractivity contribution in [2.45, 2.75) is 63.7 Å². The summed E-state index contributed by atoms with van der Waals surface area (Å²) in [5.41, 5.74) is 0.971. The molecule has 0 heterocycles. The summed E-state index contributed by atoms with van der Waals surface area (Å²) >= 11 is 7.03. The third-order valence-corrected chi connectivity index (χ3v) is 22.2. The Labute approximate surface area is 374 Å². The standard InChI is InChI=1S/C50H54Br2N2O4Si2/c1-49(2,3)59(41-19-11-7-12-20-41,42-21-13-8-14-22-42)57-35-45(53-47(55)37-27-31-39(51)32-28-37)46(54-48(56)38-29-33-40(52)34-30-38)36-58-60(50(4,5)6,43-23-15-9-16-24-43)44-25-17-10-18-26-44/h7-34,45-46H,35-36H2,1-6H3,(H,53,55)(H,54,56)/t45-,46-/m1/s1. The lowest BCUT2D eigenvalue weighted by molar-refractivity contribution is 0.0821. The zero-order valence-electron chi connectivity index (χ0n) is 35.1. The van der Waals surface area contributed by atoms with Gasteiger partial charge in [-0.2, -0.15) is 0 Å². The van der Waals surface area contributed by atoms with Crippen LogP contribution in [0.15, 0.2) is 179 Å². The quantitative estimate of drug-likeness (QED) is 0.101. The summed E-state index contributed by atoms with van der Waals surface area (Å²) in [6.07, 6.45) is 0. The van der Waals surface area contributed by atoms with Crippen LogP contribution in [0.1, 0.15) is 62.3 Å². The molecule has 0 radical (unpaired) electrons. The van der Waals surface area contributed by atoms with E-state index in [0.717, 1.165) is 29.7 Å². The highest BCUT2D eigenvalue weighted by molar-refractivity contribution is 9.10. The molecule has 0 aliphatic carbocycles. The Morgan fingerprint density at radius 2 is 0.700 bits per heavy atom. The molecule has 6 aromatic carbocycles. The third-order valence-electron chi connectivity index (χ3n) is 11.1. The summed E-state index contributed by atoms with van der Waals surface area (Å²) in [6.45, 7) is 13.6. The molecule has 0 spiro atoms. The van der Waals surface area contributed by atoms with Crippen LogP contribution < -0.4 is 31.4 Å². The fourth-order valence-corrected chi connectivity index (χ4v) is 17.9. The van der Waals surface area contributed by atoms with E-state index in [0.29, 0.717) is 11.1 Å². The lowest BCUT2D eigenvalue weighted by atomic mass is 10.1. The summed E-state index contributed by atoms with van der Waals surface area (Å²) in [5, 5.41) is 10.5. The Balaban J connectivity index is 1.51. The van der Waals surface area contributed by atoms with Crippen molar-refractivity contribution >= 4 is 81.1 Å². The first-order valence-electron chi connectivity index (χ1n) is 20.3. The second-order valence-electron chi connectivity index (χ2n) is 17.1. The van der Waals surface area contributed by atoms with E-state index in [1.807, 2.05) is 48.5 Å². The van der Waals surface area contributed by atoms with Gasteiger partial charge >= 0.3 is 0 Å². The van der Waals surface area contributed by atoms with Gasteiger partial charge in [-0.25, -0.2) is 0 Å². The summed E-state index contributed by atoms with van der Waals surface area (Å²) < 4.78 is 16.8. The minimum atomic E-state index is -3.11. The second-order valence-corrected chi connectivity index (χ2v) is 27.6. The maximum absolute atomic E-state index is 14.4. The van der Waals surface area contributed by atoms with Crippen molar-refractivity contribution in [1.82, 2.24) is 10.6 Å². The number of hydrogen-bond acceptors (Lipinski definition) is 4. The van der Waals surface area contributed by atoms with E-state index >= 15 is 0 Å². The van der Waals surface area contributed by atoms with Gasteiger partial charge in [0.2, 0.25) is 0 Å². The molecular weight excluding hydrogens is 909 g/mol. The number of rotatable bonds is 15. The average Bonchev–Trinajstić information content (AvgIpc) is 3.24. The predicted molar refractivity (Wildman–Crippen MR) is 258 cm³/mol. The van der Waals surface area contributed by atoms with Crippen LogP contribution in [0.3, 0.4) is 0 Å². The monoisotopic (exact) mass is 960 g/mol. The second kappa shape index (κ2) is 19.5. The zero-order valence-corrected chi connectivity index (χ0v) is 40.3. The lowest BCUT2D eigenvalue weighted by Gasteiger charge is -2.45. The zero-order chi connectivity index (χ0) is 43.0. The van der Waals surface area contributed by atoms with Gasteiger partial charge in [0.1, 0.15) is 0 Å². The summed E-state index contributed by atoms with van der Waals surface area (Å²) in [5.74, 6) is -0.571. The first kappa shape index (κ1) is 45.1. The minimum absolute atomic E-state index is 0.0882. The van der Waals surface area contributed by atoms with Gasteiger partial charge in [-0.15, -0.1) is 0 Å². The Kier molecular flexibility index (Phi) is 14.7. The van der Waals surface area contributed by atoms with E-state index in [-0.39, 0.29) is 35.1 Å². The molecule has 6 nitrogen and oxygen atoms in total. The molecule has 10 heteroatoms. The molecule has 2 N–H and O–H groups in total. The number of carbonyl (C=O) groups is 2. The maximum atomic E-state index is 14.4. The summed E-state index contributed by atoms with van der Waals surface area (Å²) in [7, 11) is -6.22. The molecule has 0 aromatic heterocycles. The average molecular weight is 963 g/mol. The normalized spacial score (nSPS) is 13.3. The molecule has 2 amide bonds. The van der Waals surface area contributed by atoms with Gasteiger partial charge in [0.25, 0.3) is 28.4 Å². The van der Waals surface area contributed by atoms with Crippen molar-refractivity contribution in [1.29, 1.82) is 0 Å². The van der Waals surface area contributed by atoms with Gasteiger partial charge < -0.3 is 19.5 Å². The minimum Gasteiger partial charge on any atom is -0.405 e. The highest BCUT2D eigenvalue weighted by Crippen LogP contribution is 2.38. The van der Waals surface area contributed by atoms with Crippen LogP contribution in [-0.2, 0) is 8.85 Å². The van der Waals surface area contributed by atoms with Crippen LogP contribution in [0.25, 0.3) is 0 Å². The van der Waals surface area contributed by atoms with E-state index in [4.69, 9.17) is 8.85 Å². The van der Waals surface area contributed by atoms with Crippen LogP contribution in [-0.4, -0.2) is 53.7 Å². The van der Waals surface area contributed by atoms with E-state index in [2.05, 4.69) is 181 Å². The first-order valence-corrected chi connectivity index (χ1v) is 25.7. The van der Waals surface area contributed by atoms with Crippen LogP contribution in [0.2, 0.25) is 10.1 Å². The number of benzene rings is 6. The van der Waals surface area contributed by atoms with Crippen LogP contribution in [0.4, 0.5) is 0 Å². The van der Waals surface area contributed by atoms with Gasteiger partial charge in [0.15, 0.2) is 0 Å². The molecule has 60 heavy (non-hydrogen) atoms. The SMILES string of the molecule is CC(C)(C)[Si](OC[C@@H](NC(=O)c1ccc(Br)cc1)[C@@H](CO[Si](c1ccccc1)(c1ccccc1)C(C)(C)C)NC(=O)c1ccc(Br)cc1)(c1ccccc1)c1ccccc1. The summed E-state index contributed by atoms with van der Waals surface area (Å²) in [4.78, 5) is 28.8. The molecule has 0 saturated carbocycles. The van der Waals surface area contributed by atoms with Crippen molar-refractivity contribution in [3.63, 3.8) is 0 Å². The van der Waals surface area contributed by atoms with Crippen molar-refractivity contribution in [3.05, 3.63) is 190 Å². The number of nitrogens with one attached hydrogen (secondary N) is 2. The molecule has 0 fully saturated rings. The molecule has 310 valence electrons. The molecule has 0 saturated heterocycles. The molecule has 0 unspecified atom stereocenters. The smallest absolute Gasteiger partial charge is 0.261 e. The highest BCUT2D eigenvalue weighted by atomic mass is 79.9. The number of amides is 2. The number of halogens is 2. The molecule has 0 bridgehead atoms. The fraction of sp³-hybridized carbons (Fsp3) is 0.240. The Morgan fingerprint density at radius 3 is 0.933 bits per heavy atom. The molecule has 0 aliphatic heterocycles. The molecule has 6 aromatic rings. The van der Waals surface area contributed by atoms with Crippen LogP contribution in [0, 0.1) is 0 Å². The number of hydrogen-bond donors (Lipinski definition) is 2. The fourth-order valence-electron chi connectivity index (χ4n) is 8.18. The molecule has 2 atom stereocenters. The van der Waals surface area contributed by atoms with Gasteiger partial charge in [-0.05, 0) is 79.4 Å². The van der Waals surface area contributed by atoms with E-state index < -0.39 is 28.7 Å². The van der Waals surface area contributed by atoms with E-state index in [1.54, 1.807) is 24.3 Å². The Morgan fingerprint density at radius 1 is 0.450 bits per heavy atom. The van der Waals surface area contributed by atoms with Gasteiger partial charge in [-0.3, -0.25) is 9.59 Å². The van der Waals surface area contributed by atoms with Gasteiger partial charge in [-0.1, -0.05) is 195 Å². The molecule has 0 aliphatic rings. The maximum Gasteiger partial charge on any atom is 0.261 e. The van der Waals surface area contributed by atoms with E-state index in [9.17, 15) is 9.59 Å². The largest absolute Gasteiger partial charge is 0.405 e. The van der Waals surface area contributed by atoms with Crippen LogP contribution >= 0.6 is 31.9 Å². The van der Waals surface area contributed by atoms with Crippen molar-refractivity contribution in [2.75, 3.05) is 13.2 Å². The summed E-state index contributed by atoms with van der Waals surface area (Å²) in [6, 6.07) is 54.8. The van der Waals surface area contributed by atoms with Crippen molar-refractivity contribution < 1.29 is 18.4 Å². The predicted octanol–water partition coefficient (Wildman–Crippen LogP) is 9.26. The molecule has 6 rings (SSSR count). The van der Waals surface area contributed by atoms with Gasteiger partial charge in [0.05, 0.1) is 25.3 Å². The Hall–Kier alpha value is -4.43. The topological polar surface area (TPSA) is 76.7 Å².